The first kappa shape index (κ1) is 15.3. The predicted molar refractivity (Wildman–Crippen MR) is 78.4 cm³/mol. The van der Waals surface area contributed by atoms with Gasteiger partial charge in [-0.05, 0) is 46.3 Å². The number of alkyl halides is 3. The van der Waals surface area contributed by atoms with E-state index in [9.17, 15) is 13.2 Å². The minimum Gasteiger partial charge on any atom is -0.379 e. The highest BCUT2D eigenvalue weighted by atomic mass is 79.9. The molecule has 2 rings (SSSR count). The number of hydrogen-bond donors (Lipinski definition) is 1. The summed E-state index contributed by atoms with van der Waals surface area (Å²) in [7, 11) is 0. The Morgan fingerprint density at radius 2 is 1.75 bits per heavy atom. The molecule has 0 saturated carbocycles. The van der Waals surface area contributed by atoms with Crippen LogP contribution in [0, 0.1) is 0 Å². The lowest BCUT2D eigenvalue weighted by molar-refractivity contribution is -0.137. The number of pyridine rings is 1. The highest BCUT2D eigenvalue weighted by Crippen LogP contribution is 2.36. The molecule has 1 aromatic carbocycles. The van der Waals surface area contributed by atoms with E-state index < -0.39 is 11.7 Å². The van der Waals surface area contributed by atoms with Crippen molar-refractivity contribution < 1.29 is 13.2 Å². The first-order valence-corrected chi connectivity index (χ1v) is 7.16. The molecule has 1 N–H and O–H groups in total. The fourth-order valence-electron chi connectivity index (χ4n) is 1.60. The van der Waals surface area contributed by atoms with Crippen molar-refractivity contribution in [2.24, 2.45) is 0 Å². The van der Waals surface area contributed by atoms with Crippen molar-refractivity contribution in [2.75, 3.05) is 5.32 Å². The third-order valence-electron chi connectivity index (χ3n) is 2.54. The van der Waals surface area contributed by atoms with Crippen LogP contribution in [0.25, 0.3) is 0 Å². The van der Waals surface area contributed by atoms with E-state index in [1.165, 1.54) is 6.07 Å². The van der Waals surface area contributed by atoms with Gasteiger partial charge < -0.3 is 5.32 Å². The SMILES string of the molecule is FC(F)(F)c1cc(Br)ccc1NCc1ccc(Br)cn1. The summed E-state index contributed by atoms with van der Waals surface area (Å²) in [6.45, 7) is 0.220. The molecule has 0 fully saturated rings. The van der Waals surface area contributed by atoms with E-state index >= 15 is 0 Å². The van der Waals surface area contributed by atoms with Gasteiger partial charge in [-0.3, -0.25) is 4.98 Å². The molecular weight excluding hydrogens is 401 g/mol. The van der Waals surface area contributed by atoms with E-state index in [4.69, 9.17) is 0 Å². The largest absolute Gasteiger partial charge is 0.418 e. The van der Waals surface area contributed by atoms with Crippen LogP contribution in [-0.2, 0) is 12.7 Å². The second-order valence-electron chi connectivity index (χ2n) is 4.01. The standard InChI is InChI=1S/C13H9Br2F3N2/c14-8-2-4-12(11(5-8)13(16,17)18)20-7-10-3-1-9(15)6-19-10/h1-6,20H,7H2. The Kier molecular flexibility index (Phi) is 4.70. The van der Waals surface area contributed by atoms with Crippen LogP contribution in [0.15, 0.2) is 45.5 Å². The van der Waals surface area contributed by atoms with Gasteiger partial charge in [0, 0.05) is 20.8 Å². The maximum atomic E-state index is 12.9. The highest BCUT2D eigenvalue weighted by Gasteiger charge is 2.33. The molecule has 20 heavy (non-hydrogen) atoms. The molecule has 2 nitrogen and oxygen atoms in total. The lowest BCUT2D eigenvalue weighted by atomic mass is 10.1. The average Bonchev–Trinajstić information content (AvgIpc) is 2.38. The van der Waals surface area contributed by atoms with E-state index in [-0.39, 0.29) is 12.2 Å². The summed E-state index contributed by atoms with van der Waals surface area (Å²) >= 11 is 6.30. The number of nitrogens with one attached hydrogen (secondary N) is 1. The first-order valence-electron chi connectivity index (χ1n) is 5.57. The second kappa shape index (κ2) is 6.13. The van der Waals surface area contributed by atoms with E-state index in [0.29, 0.717) is 10.2 Å². The zero-order valence-electron chi connectivity index (χ0n) is 10.0. The van der Waals surface area contributed by atoms with Crippen molar-refractivity contribution in [3.05, 3.63) is 56.7 Å². The second-order valence-corrected chi connectivity index (χ2v) is 5.84. The Hall–Kier alpha value is -1.08. The normalized spacial score (nSPS) is 11.4. The summed E-state index contributed by atoms with van der Waals surface area (Å²) in [5.41, 5.74) is -0.0151. The molecule has 0 aliphatic heterocycles. The van der Waals surface area contributed by atoms with Gasteiger partial charge in [0.2, 0.25) is 0 Å². The van der Waals surface area contributed by atoms with Gasteiger partial charge in [0.25, 0.3) is 0 Å². The maximum absolute atomic E-state index is 12.9. The molecule has 1 heterocycles. The van der Waals surface area contributed by atoms with Crippen LogP contribution in [0.4, 0.5) is 18.9 Å². The van der Waals surface area contributed by atoms with Crippen LogP contribution < -0.4 is 5.32 Å². The summed E-state index contributed by atoms with van der Waals surface area (Å²) in [4.78, 5) is 4.10. The van der Waals surface area contributed by atoms with Crippen LogP contribution in [0.1, 0.15) is 11.3 Å². The molecule has 1 aromatic heterocycles. The number of aromatic nitrogens is 1. The third kappa shape index (κ3) is 3.96. The van der Waals surface area contributed by atoms with Crippen molar-refractivity contribution in [1.29, 1.82) is 0 Å². The molecule has 2 aromatic rings. The number of halogens is 5. The molecule has 0 spiro atoms. The molecule has 0 aliphatic rings. The summed E-state index contributed by atoms with van der Waals surface area (Å²) in [5.74, 6) is 0. The number of benzene rings is 1. The van der Waals surface area contributed by atoms with Crippen molar-refractivity contribution in [2.45, 2.75) is 12.7 Å². The summed E-state index contributed by atoms with van der Waals surface area (Å²) < 4.78 is 40.0. The third-order valence-corrected chi connectivity index (χ3v) is 3.50. The van der Waals surface area contributed by atoms with Crippen LogP contribution in [0.5, 0.6) is 0 Å². The monoisotopic (exact) mass is 408 g/mol. The molecule has 0 bridgehead atoms. The molecule has 0 unspecified atom stereocenters. The number of nitrogens with zero attached hydrogens (tertiary/aromatic N) is 1. The Morgan fingerprint density at radius 1 is 1.05 bits per heavy atom. The minimum atomic E-state index is -4.40. The smallest absolute Gasteiger partial charge is 0.379 e. The van der Waals surface area contributed by atoms with Crippen molar-refractivity contribution >= 4 is 37.5 Å². The van der Waals surface area contributed by atoms with Gasteiger partial charge >= 0.3 is 6.18 Å². The number of rotatable bonds is 3. The Morgan fingerprint density at radius 3 is 2.35 bits per heavy atom. The number of hydrogen-bond acceptors (Lipinski definition) is 2. The molecule has 7 heteroatoms. The maximum Gasteiger partial charge on any atom is 0.418 e. The van der Waals surface area contributed by atoms with E-state index in [1.807, 2.05) is 0 Å². The first-order chi connectivity index (χ1) is 9.36. The minimum absolute atomic E-state index is 0.0328. The molecule has 0 saturated heterocycles. The van der Waals surface area contributed by atoms with Crippen LogP contribution in [-0.4, -0.2) is 4.98 Å². The quantitative estimate of drug-likeness (QED) is 0.749. The molecule has 106 valence electrons. The Bertz CT molecular complexity index is 598. The van der Waals surface area contributed by atoms with E-state index in [0.717, 1.165) is 10.5 Å². The fourth-order valence-corrected chi connectivity index (χ4v) is 2.20. The van der Waals surface area contributed by atoms with Gasteiger partial charge in [-0.2, -0.15) is 13.2 Å². The zero-order valence-corrected chi connectivity index (χ0v) is 13.2. The summed E-state index contributed by atoms with van der Waals surface area (Å²) in [5, 5.41) is 2.76. The summed E-state index contributed by atoms with van der Waals surface area (Å²) in [6.07, 6.45) is -2.80. The van der Waals surface area contributed by atoms with Crippen molar-refractivity contribution in [3.63, 3.8) is 0 Å². The highest BCUT2D eigenvalue weighted by molar-refractivity contribution is 9.10. The zero-order chi connectivity index (χ0) is 14.8. The lowest BCUT2D eigenvalue weighted by Crippen LogP contribution is -2.11. The predicted octanol–water partition coefficient (Wildman–Crippen LogP) is 5.24. The van der Waals surface area contributed by atoms with E-state index in [1.54, 1.807) is 24.4 Å². The number of anilines is 1. The lowest BCUT2D eigenvalue weighted by Gasteiger charge is -2.14. The van der Waals surface area contributed by atoms with Crippen molar-refractivity contribution in [1.82, 2.24) is 4.98 Å². The molecule has 0 amide bonds. The van der Waals surface area contributed by atoms with Crippen LogP contribution in [0.3, 0.4) is 0 Å². The van der Waals surface area contributed by atoms with Crippen LogP contribution in [0.2, 0.25) is 0 Å². The molecule has 0 atom stereocenters. The van der Waals surface area contributed by atoms with Crippen molar-refractivity contribution in [3.8, 4) is 0 Å². The van der Waals surface area contributed by atoms with Gasteiger partial charge in [0.1, 0.15) is 0 Å². The van der Waals surface area contributed by atoms with Gasteiger partial charge in [0.05, 0.1) is 17.8 Å². The van der Waals surface area contributed by atoms with Gasteiger partial charge in [-0.1, -0.05) is 15.9 Å². The van der Waals surface area contributed by atoms with Gasteiger partial charge in [0.15, 0.2) is 0 Å². The van der Waals surface area contributed by atoms with Gasteiger partial charge in [-0.15, -0.1) is 0 Å². The fraction of sp³-hybridized carbons (Fsp3) is 0.154. The Labute approximate surface area is 130 Å². The molecule has 0 radical (unpaired) electrons. The topological polar surface area (TPSA) is 24.9 Å². The van der Waals surface area contributed by atoms with Gasteiger partial charge in [-0.25, -0.2) is 0 Å². The van der Waals surface area contributed by atoms with E-state index in [2.05, 4.69) is 42.2 Å². The molecular formula is C13H9Br2F3N2. The van der Waals surface area contributed by atoms with Crippen LogP contribution >= 0.6 is 31.9 Å². The average molecular weight is 410 g/mol. The Balaban J connectivity index is 2.19. The molecule has 0 aliphatic carbocycles. The summed E-state index contributed by atoms with van der Waals surface area (Å²) in [6, 6.07) is 7.54.